The van der Waals surface area contributed by atoms with Gasteiger partial charge in [-0.1, -0.05) is 12.1 Å². The average Bonchev–Trinajstić information content (AvgIpc) is 2.50. The molecule has 0 saturated heterocycles. The summed E-state index contributed by atoms with van der Waals surface area (Å²) in [5, 5.41) is 0. The first-order valence-corrected chi connectivity index (χ1v) is 5.73. The molecule has 2 rings (SSSR count). The van der Waals surface area contributed by atoms with E-state index in [0.29, 0.717) is 17.0 Å². The zero-order valence-electron chi connectivity index (χ0n) is 10.8. The summed E-state index contributed by atoms with van der Waals surface area (Å²) in [6, 6.07) is 4.77. The lowest BCUT2D eigenvalue weighted by atomic mass is 9.80. The summed E-state index contributed by atoms with van der Waals surface area (Å²) >= 11 is 0. The first-order valence-electron chi connectivity index (χ1n) is 5.73. The van der Waals surface area contributed by atoms with Gasteiger partial charge in [-0.05, 0) is 18.6 Å². The van der Waals surface area contributed by atoms with Crippen molar-refractivity contribution in [3.05, 3.63) is 23.8 Å². The molecule has 1 atom stereocenters. The minimum atomic E-state index is -4.41. The number of amides is 1. The molecule has 1 heterocycles. The fourth-order valence-corrected chi connectivity index (χ4v) is 2.64. The summed E-state index contributed by atoms with van der Waals surface area (Å²) in [5.41, 5.74) is -0.810. The molecule has 0 fully saturated rings. The Kier molecular flexibility index (Phi) is 2.99. The van der Waals surface area contributed by atoms with Crippen molar-refractivity contribution in [3.63, 3.8) is 0 Å². The monoisotopic (exact) mass is 273 g/mol. The number of likely N-dealkylation sites (N-methyl/N-ethyl adjacent to an activating group) is 1. The molecule has 0 N–H and O–H groups in total. The molecule has 0 spiro atoms. The number of para-hydroxylation sites is 1. The third-order valence-corrected chi connectivity index (χ3v) is 3.48. The molecule has 1 aliphatic heterocycles. The number of hydrogen-bond donors (Lipinski definition) is 0. The Morgan fingerprint density at radius 2 is 2.00 bits per heavy atom. The van der Waals surface area contributed by atoms with Crippen LogP contribution in [0.1, 0.15) is 18.9 Å². The van der Waals surface area contributed by atoms with Crippen LogP contribution in [0.3, 0.4) is 0 Å². The number of halogens is 3. The lowest BCUT2D eigenvalue weighted by Gasteiger charge is -2.24. The Hall–Kier alpha value is -1.72. The Bertz CT molecular complexity index is 527. The Morgan fingerprint density at radius 3 is 2.53 bits per heavy atom. The van der Waals surface area contributed by atoms with E-state index < -0.39 is 23.9 Å². The number of hydrogen-bond acceptors (Lipinski definition) is 2. The lowest BCUT2D eigenvalue weighted by Crippen LogP contribution is -2.39. The molecule has 0 bridgehead atoms. The normalized spacial score (nSPS) is 22.6. The molecule has 0 saturated carbocycles. The van der Waals surface area contributed by atoms with E-state index in [1.807, 2.05) is 0 Å². The van der Waals surface area contributed by atoms with Crippen molar-refractivity contribution in [2.45, 2.75) is 24.9 Å². The molecule has 19 heavy (non-hydrogen) atoms. The van der Waals surface area contributed by atoms with Crippen LogP contribution in [0, 0.1) is 0 Å². The number of carbonyl (C=O) groups is 1. The van der Waals surface area contributed by atoms with Gasteiger partial charge in [0.15, 0.2) is 0 Å². The number of carbonyl (C=O) groups excluding carboxylic acids is 1. The highest BCUT2D eigenvalue weighted by Crippen LogP contribution is 2.50. The van der Waals surface area contributed by atoms with E-state index in [1.165, 1.54) is 26.0 Å². The maximum absolute atomic E-state index is 12.7. The van der Waals surface area contributed by atoms with Crippen LogP contribution in [0.2, 0.25) is 0 Å². The number of fused-ring (bicyclic) bond motifs is 1. The standard InChI is InChI=1S/C13H14F3NO2/c1-12(7-13(14,15)16)8-5-4-6-9(19-3)10(8)17(2)11(12)18/h4-6H,7H2,1-3H3. The van der Waals surface area contributed by atoms with Crippen LogP contribution in [0.5, 0.6) is 5.75 Å². The quantitative estimate of drug-likeness (QED) is 0.829. The van der Waals surface area contributed by atoms with E-state index in [2.05, 4.69) is 0 Å². The molecule has 3 nitrogen and oxygen atoms in total. The van der Waals surface area contributed by atoms with Crippen LogP contribution in [0.4, 0.5) is 18.9 Å². The minimum Gasteiger partial charge on any atom is -0.495 e. The van der Waals surface area contributed by atoms with E-state index in [1.54, 1.807) is 18.2 Å². The van der Waals surface area contributed by atoms with Crippen molar-refractivity contribution in [2.24, 2.45) is 0 Å². The summed E-state index contributed by atoms with van der Waals surface area (Å²) in [6.07, 6.45) is -5.58. The van der Waals surface area contributed by atoms with E-state index in [-0.39, 0.29) is 0 Å². The number of nitrogens with zero attached hydrogens (tertiary/aromatic N) is 1. The number of methoxy groups -OCH3 is 1. The SMILES string of the molecule is COc1cccc2c1N(C)C(=O)C2(C)CC(F)(F)F. The average molecular weight is 273 g/mol. The first kappa shape index (κ1) is 13.7. The summed E-state index contributed by atoms with van der Waals surface area (Å²) in [4.78, 5) is 13.4. The van der Waals surface area contributed by atoms with Gasteiger partial charge in [0, 0.05) is 7.05 Å². The molecule has 1 amide bonds. The predicted molar refractivity (Wildman–Crippen MR) is 64.4 cm³/mol. The second kappa shape index (κ2) is 4.15. The van der Waals surface area contributed by atoms with Gasteiger partial charge in [0.1, 0.15) is 5.75 Å². The second-order valence-electron chi connectivity index (χ2n) is 4.84. The van der Waals surface area contributed by atoms with Gasteiger partial charge in [-0.25, -0.2) is 0 Å². The van der Waals surface area contributed by atoms with E-state index in [4.69, 9.17) is 4.74 Å². The van der Waals surface area contributed by atoms with Gasteiger partial charge in [-0.3, -0.25) is 4.79 Å². The fourth-order valence-electron chi connectivity index (χ4n) is 2.64. The van der Waals surface area contributed by atoms with Gasteiger partial charge >= 0.3 is 6.18 Å². The highest BCUT2D eigenvalue weighted by Gasteiger charge is 2.52. The molecule has 1 aromatic carbocycles. The fraction of sp³-hybridized carbons (Fsp3) is 0.462. The molecule has 104 valence electrons. The number of benzene rings is 1. The molecule has 0 aromatic heterocycles. The van der Waals surface area contributed by atoms with Crippen molar-refractivity contribution in [1.82, 2.24) is 0 Å². The summed E-state index contributed by atoms with van der Waals surface area (Å²) in [7, 11) is 2.89. The van der Waals surface area contributed by atoms with Crippen LogP contribution in [0.15, 0.2) is 18.2 Å². The van der Waals surface area contributed by atoms with Crippen molar-refractivity contribution in [2.75, 3.05) is 19.1 Å². The Morgan fingerprint density at radius 1 is 1.37 bits per heavy atom. The number of rotatable bonds is 2. The molecule has 0 radical (unpaired) electrons. The first-order chi connectivity index (χ1) is 8.70. The summed E-state index contributed by atoms with van der Waals surface area (Å²) in [5.74, 6) is -0.163. The third kappa shape index (κ3) is 2.05. The molecule has 1 unspecified atom stereocenters. The predicted octanol–water partition coefficient (Wildman–Crippen LogP) is 2.88. The van der Waals surface area contributed by atoms with Gasteiger partial charge < -0.3 is 9.64 Å². The maximum atomic E-state index is 12.7. The molecule has 0 aliphatic carbocycles. The number of ether oxygens (including phenoxy) is 1. The van der Waals surface area contributed by atoms with Crippen LogP contribution in [-0.2, 0) is 10.2 Å². The maximum Gasteiger partial charge on any atom is 0.390 e. The van der Waals surface area contributed by atoms with Crippen molar-refractivity contribution < 1.29 is 22.7 Å². The zero-order valence-corrected chi connectivity index (χ0v) is 10.8. The number of anilines is 1. The summed E-state index contributed by atoms with van der Waals surface area (Å²) in [6.45, 7) is 1.32. The topological polar surface area (TPSA) is 29.5 Å². The van der Waals surface area contributed by atoms with Crippen LogP contribution in [0.25, 0.3) is 0 Å². The number of alkyl halides is 3. The highest BCUT2D eigenvalue weighted by molar-refractivity contribution is 6.08. The molecule has 1 aliphatic rings. The van der Waals surface area contributed by atoms with Crippen molar-refractivity contribution >= 4 is 11.6 Å². The van der Waals surface area contributed by atoms with Gasteiger partial charge in [0.2, 0.25) is 5.91 Å². The summed E-state index contributed by atoms with van der Waals surface area (Å²) < 4.78 is 43.3. The van der Waals surface area contributed by atoms with Crippen molar-refractivity contribution in [1.29, 1.82) is 0 Å². The van der Waals surface area contributed by atoms with Gasteiger partial charge in [-0.15, -0.1) is 0 Å². The van der Waals surface area contributed by atoms with Crippen LogP contribution >= 0.6 is 0 Å². The zero-order chi connectivity index (χ0) is 14.4. The van der Waals surface area contributed by atoms with E-state index >= 15 is 0 Å². The van der Waals surface area contributed by atoms with E-state index in [0.717, 1.165) is 0 Å². The van der Waals surface area contributed by atoms with Gasteiger partial charge in [0.25, 0.3) is 0 Å². The smallest absolute Gasteiger partial charge is 0.390 e. The second-order valence-corrected chi connectivity index (χ2v) is 4.84. The highest BCUT2D eigenvalue weighted by atomic mass is 19.4. The van der Waals surface area contributed by atoms with Gasteiger partial charge in [-0.2, -0.15) is 13.2 Å². The largest absolute Gasteiger partial charge is 0.495 e. The van der Waals surface area contributed by atoms with Crippen molar-refractivity contribution in [3.8, 4) is 5.75 Å². The Labute approximate surface area is 109 Å². The molecular formula is C13H14F3NO2. The molecule has 1 aromatic rings. The van der Waals surface area contributed by atoms with Gasteiger partial charge in [0.05, 0.1) is 24.6 Å². The molecular weight excluding hydrogens is 259 g/mol. The van der Waals surface area contributed by atoms with Crippen LogP contribution in [-0.4, -0.2) is 26.2 Å². The minimum absolute atomic E-state index is 0.358. The van der Waals surface area contributed by atoms with Crippen LogP contribution < -0.4 is 9.64 Å². The van der Waals surface area contributed by atoms with E-state index in [9.17, 15) is 18.0 Å². The lowest BCUT2D eigenvalue weighted by molar-refractivity contribution is -0.154. The molecule has 6 heteroatoms. The Balaban J connectivity index is 2.60. The third-order valence-electron chi connectivity index (χ3n) is 3.48.